The van der Waals surface area contributed by atoms with E-state index in [4.69, 9.17) is 15.5 Å². The number of imidazole rings is 1. The highest BCUT2D eigenvalue weighted by Gasteiger charge is 2.23. The molecule has 1 aliphatic heterocycles. The molecule has 1 aliphatic rings. The van der Waals surface area contributed by atoms with Crippen molar-refractivity contribution in [2.24, 2.45) is 0 Å². The van der Waals surface area contributed by atoms with Crippen LogP contribution in [0.2, 0.25) is 0 Å². The summed E-state index contributed by atoms with van der Waals surface area (Å²) in [5.41, 5.74) is 12.2. The van der Waals surface area contributed by atoms with Crippen LogP contribution in [0, 0.1) is 6.92 Å². The average Bonchev–Trinajstić information content (AvgIpc) is 2.99. The van der Waals surface area contributed by atoms with E-state index in [-0.39, 0.29) is 6.10 Å². The fraction of sp³-hybridized carbons (Fsp3) is 0.350. The van der Waals surface area contributed by atoms with E-state index in [1.165, 1.54) is 0 Å². The number of aryl methyl sites for hydroxylation is 1. The molecule has 4 rings (SSSR count). The molecule has 1 aromatic carbocycles. The summed E-state index contributed by atoms with van der Waals surface area (Å²) in [6.45, 7) is 3.88. The van der Waals surface area contributed by atoms with Crippen molar-refractivity contribution in [3.05, 3.63) is 51.8 Å². The Balaban J connectivity index is 1.89. The van der Waals surface area contributed by atoms with Crippen LogP contribution >= 0.6 is 15.9 Å². The van der Waals surface area contributed by atoms with E-state index in [1.54, 1.807) is 12.1 Å². The van der Waals surface area contributed by atoms with E-state index < -0.39 is 6.67 Å². The second kappa shape index (κ2) is 7.58. The fourth-order valence-corrected chi connectivity index (χ4v) is 4.27. The molecule has 0 amide bonds. The number of pyridine rings is 1. The summed E-state index contributed by atoms with van der Waals surface area (Å²) < 4.78 is 22.0. The number of anilines is 1. The zero-order valence-corrected chi connectivity index (χ0v) is 16.7. The minimum absolute atomic E-state index is 0.0650. The Morgan fingerprint density at radius 3 is 2.96 bits per heavy atom. The highest BCUT2D eigenvalue weighted by atomic mass is 79.9. The fourth-order valence-electron chi connectivity index (χ4n) is 3.68. The average molecular weight is 433 g/mol. The minimum Gasteiger partial charge on any atom is -0.398 e. The molecule has 0 aliphatic carbocycles. The lowest BCUT2D eigenvalue weighted by Gasteiger charge is -2.24. The number of alkyl halides is 1. The largest absolute Gasteiger partial charge is 0.398 e. The van der Waals surface area contributed by atoms with Crippen molar-refractivity contribution in [1.29, 1.82) is 0 Å². The zero-order valence-electron chi connectivity index (χ0n) is 15.1. The Kier molecular flexibility index (Phi) is 5.16. The number of nitrogens with two attached hydrogens (primary N) is 1. The SMILES string of the molecule is Cc1cc(Br)cc(N)c1-c1nc2cc(CF)ccn2c1CC1CNCCO1. The summed E-state index contributed by atoms with van der Waals surface area (Å²) >= 11 is 3.50. The van der Waals surface area contributed by atoms with Crippen LogP contribution in [-0.2, 0) is 17.8 Å². The summed E-state index contributed by atoms with van der Waals surface area (Å²) in [7, 11) is 0. The number of halogens is 2. The highest BCUT2D eigenvalue weighted by Crippen LogP contribution is 2.35. The van der Waals surface area contributed by atoms with Crippen molar-refractivity contribution in [3.63, 3.8) is 0 Å². The van der Waals surface area contributed by atoms with E-state index in [1.807, 2.05) is 29.7 Å². The maximum Gasteiger partial charge on any atom is 0.138 e. The van der Waals surface area contributed by atoms with Gasteiger partial charge in [0, 0.05) is 41.4 Å². The van der Waals surface area contributed by atoms with Gasteiger partial charge in [-0.05, 0) is 42.3 Å². The number of benzene rings is 1. The predicted molar refractivity (Wildman–Crippen MR) is 109 cm³/mol. The maximum absolute atomic E-state index is 13.1. The molecule has 1 atom stereocenters. The maximum atomic E-state index is 13.1. The molecule has 2 aromatic heterocycles. The van der Waals surface area contributed by atoms with Crippen LogP contribution in [0.15, 0.2) is 34.9 Å². The van der Waals surface area contributed by atoms with Gasteiger partial charge in [0.05, 0.1) is 24.1 Å². The van der Waals surface area contributed by atoms with Crippen molar-refractivity contribution in [2.45, 2.75) is 26.1 Å². The van der Waals surface area contributed by atoms with Gasteiger partial charge in [0.2, 0.25) is 0 Å². The molecule has 0 saturated carbocycles. The van der Waals surface area contributed by atoms with Gasteiger partial charge in [0.15, 0.2) is 0 Å². The summed E-state index contributed by atoms with van der Waals surface area (Å²) in [4.78, 5) is 4.83. The van der Waals surface area contributed by atoms with Gasteiger partial charge in [0.25, 0.3) is 0 Å². The van der Waals surface area contributed by atoms with Gasteiger partial charge in [0.1, 0.15) is 12.3 Å². The third-order valence-corrected chi connectivity index (χ3v) is 5.39. The molecule has 142 valence electrons. The lowest BCUT2D eigenvalue weighted by Crippen LogP contribution is -2.39. The second-order valence-corrected chi connectivity index (χ2v) is 7.81. The van der Waals surface area contributed by atoms with Crippen molar-refractivity contribution in [2.75, 3.05) is 25.4 Å². The van der Waals surface area contributed by atoms with Gasteiger partial charge < -0.3 is 20.2 Å². The second-order valence-electron chi connectivity index (χ2n) is 6.89. The number of nitrogens with zero attached hydrogens (tertiary/aromatic N) is 2. The summed E-state index contributed by atoms with van der Waals surface area (Å²) in [6, 6.07) is 7.50. The van der Waals surface area contributed by atoms with Crippen LogP contribution in [-0.4, -0.2) is 35.2 Å². The summed E-state index contributed by atoms with van der Waals surface area (Å²) in [5.74, 6) is 0. The van der Waals surface area contributed by atoms with Crippen LogP contribution in [0.3, 0.4) is 0 Å². The molecule has 3 aromatic rings. The van der Waals surface area contributed by atoms with Gasteiger partial charge in [-0.25, -0.2) is 9.37 Å². The first-order chi connectivity index (χ1) is 13.1. The standard InChI is InChI=1S/C20H22BrFN4O/c1-12-6-14(21)8-16(23)19(12)20-17(9-15-11-24-3-5-27-15)26-4-2-13(10-22)7-18(26)25-20/h2,4,6-8,15,24H,3,5,9-11,23H2,1H3. The molecule has 0 bridgehead atoms. The Morgan fingerprint density at radius 2 is 2.26 bits per heavy atom. The highest BCUT2D eigenvalue weighted by molar-refractivity contribution is 9.10. The zero-order chi connectivity index (χ0) is 19.0. The van der Waals surface area contributed by atoms with E-state index in [2.05, 4.69) is 21.2 Å². The molecule has 1 unspecified atom stereocenters. The van der Waals surface area contributed by atoms with Gasteiger partial charge in [-0.2, -0.15) is 0 Å². The van der Waals surface area contributed by atoms with Gasteiger partial charge in [-0.15, -0.1) is 0 Å². The molecule has 7 heteroatoms. The Hall–Kier alpha value is -1.96. The van der Waals surface area contributed by atoms with E-state index in [9.17, 15) is 4.39 Å². The first-order valence-electron chi connectivity index (χ1n) is 9.01. The van der Waals surface area contributed by atoms with E-state index in [0.29, 0.717) is 24.3 Å². The van der Waals surface area contributed by atoms with Gasteiger partial charge >= 0.3 is 0 Å². The Bertz CT molecular complexity index is 959. The van der Waals surface area contributed by atoms with Crippen molar-refractivity contribution >= 4 is 27.3 Å². The van der Waals surface area contributed by atoms with Crippen molar-refractivity contribution < 1.29 is 9.13 Å². The summed E-state index contributed by atoms with van der Waals surface area (Å²) in [6.07, 6.45) is 2.65. The molecule has 3 heterocycles. The van der Waals surface area contributed by atoms with Crippen LogP contribution in [0.5, 0.6) is 0 Å². The van der Waals surface area contributed by atoms with Crippen molar-refractivity contribution in [3.8, 4) is 11.3 Å². The number of nitrogen functional groups attached to an aromatic ring is 1. The third-order valence-electron chi connectivity index (χ3n) is 4.94. The van der Waals surface area contributed by atoms with Crippen LogP contribution in [0.4, 0.5) is 10.1 Å². The lowest BCUT2D eigenvalue weighted by atomic mass is 10.00. The van der Waals surface area contributed by atoms with Gasteiger partial charge in [-0.3, -0.25) is 0 Å². The van der Waals surface area contributed by atoms with Crippen LogP contribution in [0.1, 0.15) is 16.8 Å². The number of hydrogen-bond donors (Lipinski definition) is 2. The Morgan fingerprint density at radius 1 is 1.41 bits per heavy atom. The number of nitrogens with one attached hydrogen (secondary N) is 1. The quantitative estimate of drug-likeness (QED) is 0.617. The number of hydrogen-bond acceptors (Lipinski definition) is 4. The normalized spacial score (nSPS) is 17.5. The Labute approximate surface area is 165 Å². The molecule has 5 nitrogen and oxygen atoms in total. The molecule has 27 heavy (non-hydrogen) atoms. The third kappa shape index (κ3) is 3.59. The topological polar surface area (TPSA) is 64.6 Å². The smallest absolute Gasteiger partial charge is 0.138 e. The molecular formula is C20H22BrFN4O. The number of morpholine rings is 1. The number of ether oxygens (including phenoxy) is 1. The van der Waals surface area contributed by atoms with Crippen molar-refractivity contribution in [1.82, 2.24) is 14.7 Å². The van der Waals surface area contributed by atoms with Gasteiger partial charge in [-0.1, -0.05) is 15.9 Å². The van der Waals surface area contributed by atoms with Crippen LogP contribution in [0.25, 0.3) is 16.9 Å². The molecule has 0 radical (unpaired) electrons. The molecular weight excluding hydrogens is 411 g/mol. The predicted octanol–water partition coefficient (Wildman–Crippen LogP) is 3.65. The molecule has 0 spiro atoms. The monoisotopic (exact) mass is 432 g/mol. The van der Waals surface area contributed by atoms with E-state index in [0.717, 1.165) is 45.7 Å². The van der Waals surface area contributed by atoms with E-state index >= 15 is 0 Å². The number of aromatic nitrogens is 2. The molecule has 3 N–H and O–H groups in total. The molecule has 1 saturated heterocycles. The summed E-state index contributed by atoms with van der Waals surface area (Å²) in [5, 5.41) is 3.37. The number of rotatable bonds is 4. The minimum atomic E-state index is -0.511. The van der Waals surface area contributed by atoms with Crippen LogP contribution < -0.4 is 11.1 Å². The lowest BCUT2D eigenvalue weighted by molar-refractivity contribution is 0.0286. The number of fused-ring (bicyclic) bond motifs is 1. The first-order valence-corrected chi connectivity index (χ1v) is 9.80. The first kappa shape index (κ1) is 18.4. The molecule has 1 fully saturated rings.